The molecule has 4 heteroatoms. The minimum Gasteiger partial charge on any atom is -0.334 e. The fourth-order valence-corrected chi connectivity index (χ4v) is 3.17. The van der Waals surface area contributed by atoms with Crippen molar-refractivity contribution in [2.75, 3.05) is 7.05 Å². The lowest BCUT2D eigenvalue weighted by Crippen LogP contribution is -2.29. The van der Waals surface area contributed by atoms with Gasteiger partial charge in [-0.3, -0.25) is 4.79 Å². The second-order valence-corrected chi connectivity index (χ2v) is 6.46. The number of aryl methyl sites for hydroxylation is 1. The van der Waals surface area contributed by atoms with Crippen molar-refractivity contribution < 1.29 is 4.79 Å². The highest BCUT2D eigenvalue weighted by molar-refractivity contribution is 7.12. The number of alkyl halides is 1. The Morgan fingerprint density at radius 2 is 2.10 bits per heavy atom. The van der Waals surface area contributed by atoms with Gasteiger partial charge in [-0.15, -0.1) is 22.9 Å². The van der Waals surface area contributed by atoms with Crippen LogP contribution >= 0.6 is 22.9 Å². The molecule has 0 saturated carbocycles. The van der Waals surface area contributed by atoms with Crippen molar-refractivity contribution in [3.8, 4) is 0 Å². The number of hydrogen-bond donors (Lipinski definition) is 0. The summed E-state index contributed by atoms with van der Waals surface area (Å²) in [5.74, 6) is 0.445. The van der Waals surface area contributed by atoms with E-state index in [9.17, 15) is 4.79 Å². The summed E-state index contributed by atoms with van der Waals surface area (Å²) >= 11 is 7.55. The second kappa shape index (κ2) is 6.42. The molecule has 0 N–H and O–H groups in total. The summed E-state index contributed by atoms with van der Waals surface area (Å²) in [4.78, 5) is 16.8. The lowest BCUT2D eigenvalue weighted by Gasteiger charge is -2.24. The molecule has 1 amide bonds. The first-order valence-corrected chi connectivity index (χ1v) is 7.86. The van der Waals surface area contributed by atoms with E-state index in [1.54, 1.807) is 16.2 Å². The SMILES string of the molecule is Cc1ccc(C(C)N(C)C(=O)c2cccc(CCl)c2)s1. The van der Waals surface area contributed by atoms with E-state index in [1.165, 1.54) is 9.75 Å². The molecule has 1 aromatic heterocycles. The molecule has 0 spiro atoms. The van der Waals surface area contributed by atoms with Gasteiger partial charge >= 0.3 is 0 Å². The summed E-state index contributed by atoms with van der Waals surface area (Å²) in [6.07, 6.45) is 0. The summed E-state index contributed by atoms with van der Waals surface area (Å²) in [5, 5.41) is 0. The van der Waals surface area contributed by atoms with Crippen molar-refractivity contribution in [2.45, 2.75) is 25.8 Å². The quantitative estimate of drug-likeness (QED) is 0.754. The maximum absolute atomic E-state index is 12.5. The summed E-state index contributed by atoms with van der Waals surface area (Å²) in [7, 11) is 1.84. The number of rotatable bonds is 4. The minimum absolute atomic E-state index is 0.0236. The fourth-order valence-electron chi connectivity index (χ4n) is 2.04. The number of thiophene rings is 1. The highest BCUT2D eigenvalue weighted by atomic mass is 35.5. The number of nitrogens with zero attached hydrogens (tertiary/aromatic N) is 1. The number of benzene rings is 1. The van der Waals surface area contributed by atoms with Gasteiger partial charge in [-0.05, 0) is 43.7 Å². The van der Waals surface area contributed by atoms with Crippen LogP contribution in [0.4, 0.5) is 0 Å². The lowest BCUT2D eigenvalue weighted by molar-refractivity contribution is 0.0745. The molecule has 0 aliphatic heterocycles. The van der Waals surface area contributed by atoms with Crippen LogP contribution in [0.25, 0.3) is 0 Å². The van der Waals surface area contributed by atoms with Crippen molar-refractivity contribution >= 4 is 28.8 Å². The molecule has 0 aliphatic carbocycles. The summed E-state index contributed by atoms with van der Waals surface area (Å²) in [6, 6.07) is 11.7. The standard InChI is InChI=1S/C16H18ClNOS/c1-11-7-8-15(20-11)12(2)18(3)16(19)14-6-4-5-13(9-14)10-17/h4-9,12H,10H2,1-3H3. The Hall–Kier alpha value is -1.32. The molecule has 1 heterocycles. The molecule has 0 bridgehead atoms. The van der Waals surface area contributed by atoms with Crippen molar-refractivity contribution in [1.82, 2.24) is 4.90 Å². The molecule has 0 saturated heterocycles. The number of carbonyl (C=O) groups excluding carboxylic acids is 1. The van der Waals surface area contributed by atoms with E-state index >= 15 is 0 Å². The molecule has 106 valence electrons. The van der Waals surface area contributed by atoms with E-state index in [4.69, 9.17) is 11.6 Å². The zero-order valence-corrected chi connectivity index (χ0v) is 13.5. The molecule has 1 atom stereocenters. The Kier molecular flexibility index (Phi) is 4.84. The first-order valence-electron chi connectivity index (χ1n) is 6.51. The van der Waals surface area contributed by atoms with Crippen LogP contribution in [-0.4, -0.2) is 17.9 Å². The lowest BCUT2D eigenvalue weighted by atomic mass is 10.1. The zero-order chi connectivity index (χ0) is 14.7. The van der Waals surface area contributed by atoms with Gasteiger partial charge in [0.15, 0.2) is 0 Å². The van der Waals surface area contributed by atoms with Gasteiger partial charge in [0.1, 0.15) is 0 Å². The van der Waals surface area contributed by atoms with Crippen LogP contribution in [0.3, 0.4) is 0 Å². The molecule has 0 fully saturated rings. The number of amides is 1. The third-order valence-electron chi connectivity index (χ3n) is 3.40. The highest BCUT2D eigenvalue weighted by Crippen LogP contribution is 2.27. The molecule has 20 heavy (non-hydrogen) atoms. The zero-order valence-electron chi connectivity index (χ0n) is 11.9. The third-order valence-corrected chi connectivity index (χ3v) is 4.88. The van der Waals surface area contributed by atoms with Gasteiger partial charge in [0, 0.05) is 28.2 Å². The molecule has 2 nitrogen and oxygen atoms in total. The highest BCUT2D eigenvalue weighted by Gasteiger charge is 2.20. The monoisotopic (exact) mass is 307 g/mol. The van der Waals surface area contributed by atoms with Crippen molar-refractivity contribution in [3.05, 3.63) is 57.3 Å². The van der Waals surface area contributed by atoms with E-state index in [1.807, 2.05) is 31.3 Å². The Balaban J connectivity index is 2.19. The van der Waals surface area contributed by atoms with E-state index in [2.05, 4.69) is 26.0 Å². The molecule has 2 aromatic rings. The average molecular weight is 308 g/mol. The molecule has 0 radical (unpaired) electrons. The van der Waals surface area contributed by atoms with Crippen molar-refractivity contribution in [1.29, 1.82) is 0 Å². The maximum Gasteiger partial charge on any atom is 0.254 e. The third kappa shape index (κ3) is 3.22. The van der Waals surface area contributed by atoms with E-state index in [-0.39, 0.29) is 11.9 Å². The van der Waals surface area contributed by atoms with Gasteiger partial charge in [0.05, 0.1) is 6.04 Å². The molecule has 2 rings (SSSR count). The van der Waals surface area contributed by atoms with Gasteiger partial charge in [-0.25, -0.2) is 0 Å². The molecular formula is C16H18ClNOS. The topological polar surface area (TPSA) is 20.3 Å². The van der Waals surface area contributed by atoms with Crippen LogP contribution in [0, 0.1) is 6.92 Å². The Labute approximate surface area is 129 Å². The van der Waals surface area contributed by atoms with Crippen LogP contribution in [0.5, 0.6) is 0 Å². The Morgan fingerprint density at radius 3 is 2.70 bits per heavy atom. The van der Waals surface area contributed by atoms with Crippen LogP contribution in [0.1, 0.15) is 38.6 Å². The molecule has 0 aliphatic rings. The first kappa shape index (κ1) is 15.1. The normalized spacial score (nSPS) is 12.2. The molecule has 1 aromatic carbocycles. The Morgan fingerprint density at radius 1 is 1.35 bits per heavy atom. The first-order chi connectivity index (χ1) is 9.52. The Bertz CT molecular complexity index is 608. The average Bonchev–Trinajstić information content (AvgIpc) is 2.91. The van der Waals surface area contributed by atoms with E-state index in [0.717, 1.165) is 5.56 Å². The van der Waals surface area contributed by atoms with Gasteiger partial charge < -0.3 is 4.90 Å². The van der Waals surface area contributed by atoms with Crippen molar-refractivity contribution in [2.24, 2.45) is 0 Å². The fraction of sp³-hybridized carbons (Fsp3) is 0.312. The van der Waals surface area contributed by atoms with Crippen LogP contribution in [0.15, 0.2) is 36.4 Å². The molecule has 1 unspecified atom stereocenters. The van der Waals surface area contributed by atoms with Crippen LogP contribution in [-0.2, 0) is 5.88 Å². The molecular weight excluding hydrogens is 290 g/mol. The van der Waals surface area contributed by atoms with E-state index in [0.29, 0.717) is 11.4 Å². The minimum atomic E-state index is 0.0236. The van der Waals surface area contributed by atoms with E-state index < -0.39 is 0 Å². The smallest absolute Gasteiger partial charge is 0.254 e. The summed E-state index contributed by atoms with van der Waals surface area (Å²) in [5.41, 5.74) is 1.65. The number of halogens is 1. The van der Waals surface area contributed by atoms with Gasteiger partial charge in [0.25, 0.3) is 5.91 Å². The second-order valence-electron chi connectivity index (χ2n) is 4.87. The number of carbonyl (C=O) groups is 1. The van der Waals surface area contributed by atoms with Gasteiger partial charge in [-0.1, -0.05) is 12.1 Å². The predicted octanol–water partition coefficient (Wildman–Crippen LogP) is 4.63. The van der Waals surface area contributed by atoms with Gasteiger partial charge in [-0.2, -0.15) is 0 Å². The van der Waals surface area contributed by atoms with Crippen LogP contribution in [0.2, 0.25) is 0 Å². The van der Waals surface area contributed by atoms with Crippen LogP contribution < -0.4 is 0 Å². The van der Waals surface area contributed by atoms with Gasteiger partial charge in [0.2, 0.25) is 0 Å². The summed E-state index contributed by atoms with van der Waals surface area (Å²) in [6.45, 7) is 4.13. The number of hydrogen-bond acceptors (Lipinski definition) is 2. The predicted molar refractivity (Wildman–Crippen MR) is 85.6 cm³/mol. The maximum atomic E-state index is 12.5. The van der Waals surface area contributed by atoms with Crippen molar-refractivity contribution in [3.63, 3.8) is 0 Å². The summed E-state index contributed by atoms with van der Waals surface area (Å²) < 4.78 is 0. The largest absolute Gasteiger partial charge is 0.334 e.